The van der Waals surface area contributed by atoms with Crippen LogP contribution in [0.25, 0.3) is 11.0 Å². The van der Waals surface area contributed by atoms with Crippen molar-refractivity contribution >= 4 is 16.9 Å². The van der Waals surface area contributed by atoms with Gasteiger partial charge in [0.25, 0.3) is 0 Å². The predicted molar refractivity (Wildman–Crippen MR) is 77.7 cm³/mol. The first-order chi connectivity index (χ1) is 9.72. The molecule has 2 aromatic heterocycles. The predicted octanol–water partition coefficient (Wildman–Crippen LogP) is 1.41. The average molecular weight is 275 g/mol. The van der Waals surface area contributed by atoms with E-state index in [0.717, 1.165) is 41.9 Å². The van der Waals surface area contributed by atoms with Crippen molar-refractivity contribution in [2.24, 2.45) is 7.05 Å². The molecular formula is C14H21N5O. The number of piperidine rings is 1. The monoisotopic (exact) mass is 275 g/mol. The van der Waals surface area contributed by atoms with Gasteiger partial charge in [-0.2, -0.15) is 5.10 Å². The van der Waals surface area contributed by atoms with Crippen molar-refractivity contribution in [3.63, 3.8) is 0 Å². The number of hydrogen-bond acceptors (Lipinski definition) is 5. The Hall–Kier alpha value is -1.69. The van der Waals surface area contributed by atoms with Gasteiger partial charge >= 0.3 is 0 Å². The smallest absolute Gasteiger partial charge is 0.163 e. The Morgan fingerprint density at radius 3 is 3.00 bits per heavy atom. The molecule has 6 nitrogen and oxygen atoms in total. The highest BCUT2D eigenvalue weighted by molar-refractivity contribution is 5.89. The Labute approximate surface area is 118 Å². The fraction of sp³-hybridized carbons (Fsp3) is 0.643. The summed E-state index contributed by atoms with van der Waals surface area (Å²) < 4.78 is 1.81. The molecule has 0 bridgehead atoms. The van der Waals surface area contributed by atoms with E-state index in [0.29, 0.717) is 6.04 Å². The maximum absolute atomic E-state index is 9.28. The molecule has 1 N–H and O–H groups in total. The number of rotatable bonds is 3. The van der Waals surface area contributed by atoms with Gasteiger partial charge in [-0.3, -0.25) is 4.68 Å². The highest BCUT2D eigenvalue weighted by Gasteiger charge is 2.26. The zero-order valence-corrected chi connectivity index (χ0v) is 12.1. The highest BCUT2D eigenvalue weighted by Crippen LogP contribution is 2.31. The van der Waals surface area contributed by atoms with Crippen molar-refractivity contribution in [2.75, 3.05) is 18.1 Å². The fourth-order valence-electron chi connectivity index (χ4n) is 3.20. The van der Waals surface area contributed by atoms with E-state index >= 15 is 0 Å². The minimum atomic E-state index is 0.224. The highest BCUT2D eigenvalue weighted by atomic mass is 16.3. The zero-order valence-electron chi connectivity index (χ0n) is 12.1. The first-order valence-corrected chi connectivity index (χ1v) is 7.24. The molecule has 20 heavy (non-hydrogen) atoms. The lowest BCUT2D eigenvalue weighted by Crippen LogP contribution is -2.40. The van der Waals surface area contributed by atoms with Crippen LogP contribution in [-0.4, -0.2) is 44.0 Å². The summed E-state index contributed by atoms with van der Waals surface area (Å²) in [4.78, 5) is 11.2. The number of aryl methyl sites for hydroxylation is 2. The molecule has 6 heteroatoms. The van der Waals surface area contributed by atoms with E-state index in [2.05, 4.69) is 20.0 Å². The van der Waals surface area contributed by atoms with Crippen molar-refractivity contribution in [1.82, 2.24) is 19.7 Å². The summed E-state index contributed by atoms with van der Waals surface area (Å²) >= 11 is 0. The average Bonchev–Trinajstić information content (AvgIpc) is 2.75. The largest absolute Gasteiger partial charge is 0.396 e. The van der Waals surface area contributed by atoms with E-state index in [-0.39, 0.29) is 6.61 Å². The summed E-state index contributed by atoms with van der Waals surface area (Å²) in [6.07, 6.45) is 5.92. The molecule has 1 atom stereocenters. The maximum atomic E-state index is 9.28. The van der Waals surface area contributed by atoms with Crippen molar-refractivity contribution in [3.05, 3.63) is 12.0 Å². The summed E-state index contributed by atoms with van der Waals surface area (Å²) in [6.45, 7) is 3.21. The molecule has 1 aliphatic rings. The molecule has 1 saturated heterocycles. The van der Waals surface area contributed by atoms with Crippen LogP contribution in [0.3, 0.4) is 0 Å². The number of anilines is 1. The zero-order chi connectivity index (χ0) is 14.1. The second kappa shape index (κ2) is 5.36. The molecule has 0 saturated carbocycles. The van der Waals surface area contributed by atoms with Crippen LogP contribution in [0.4, 0.5) is 5.82 Å². The lowest BCUT2D eigenvalue weighted by atomic mass is 9.99. The quantitative estimate of drug-likeness (QED) is 0.917. The number of hydrogen-bond donors (Lipinski definition) is 1. The van der Waals surface area contributed by atoms with Gasteiger partial charge in [-0.25, -0.2) is 9.97 Å². The van der Waals surface area contributed by atoms with Gasteiger partial charge in [-0.05, 0) is 32.6 Å². The first-order valence-electron chi connectivity index (χ1n) is 7.24. The molecule has 0 aromatic carbocycles. The number of fused-ring (bicyclic) bond motifs is 1. The molecular weight excluding hydrogens is 254 g/mol. The molecule has 0 radical (unpaired) electrons. The molecule has 3 rings (SSSR count). The lowest BCUT2D eigenvalue weighted by molar-refractivity contribution is 0.262. The molecule has 3 heterocycles. The SMILES string of the molecule is Cc1nn(C)c2ncnc(N3CCCCC3CCO)c12. The fourth-order valence-corrected chi connectivity index (χ4v) is 3.20. The van der Waals surface area contributed by atoms with Crippen LogP contribution in [0.2, 0.25) is 0 Å². The Balaban J connectivity index is 2.08. The Bertz CT molecular complexity index is 607. The summed E-state index contributed by atoms with van der Waals surface area (Å²) in [6, 6.07) is 0.367. The Kier molecular flexibility index (Phi) is 3.56. The van der Waals surface area contributed by atoms with E-state index in [1.807, 2.05) is 14.0 Å². The maximum Gasteiger partial charge on any atom is 0.163 e. The molecule has 1 fully saturated rings. The van der Waals surface area contributed by atoms with Gasteiger partial charge < -0.3 is 10.0 Å². The van der Waals surface area contributed by atoms with Crippen LogP contribution in [0.15, 0.2) is 6.33 Å². The van der Waals surface area contributed by atoms with Crippen LogP contribution >= 0.6 is 0 Å². The third-order valence-corrected chi connectivity index (χ3v) is 4.14. The molecule has 1 unspecified atom stereocenters. The van der Waals surface area contributed by atoms with Crippen LogP contribution in [-0.2, 0) is 7.05 Å². The van der Waals surface area contributed by atoms with E-state index < -0.39 is 0 Å². The van der Waals surface area contributed by atoms with Crippen molar-refractivity contribution in [2.45, 2.75) is 38.6 Å². The third-order valence-electron chi connectivity index (χ3n) is 4.14. The molecule has 2 aromatic rings. The van der Waals surface area contributed by atoms with Gasteiger partial charge in [-0.15, -0.1) is 0 Å². The second-order valence-electron chi connectivity index (χ2n) is 5.46. The Morgan fingerprint density at radius 1 is 1.35 bits per heavy atom. The van der Waals surface area contributed by atoms with Gasteiger partial charge in [0.1, 0.15) is 12.1 Å². The van der Waals surface area contributed by atoms with E-state index in [1.54, 1.807) is 11.0 Å². The topological polar surface area (TPSA) is 67.1 Å². The van der Waals surface area contributed by atoms with Crippen LogP contribution in [0, 0.1) is 6.92 Å². The van der Waals surface area contributed by atoms with Crippen LogP contribution < -0.4 is 4.90 Å². The van der Waals surface area contributed by atoms with Crippen molar-refractivity contribution < 1.29 is 5.11 Å². The lowest BCUT2D eigenvalue weighted by Gasteiger charge is -2.36. The molecule has 0 spiro atoms. The number of aliphatic hydroxyl groups is 1. The summed E-state index contributed by atoms with van der Waals surface area (Å²) in [7, 11) is 1.91. The molecule has 0 amide bonds. The first kappa shape index (κ1) is 13.3. The minimum Gasteiger partial charge on any atom is -0.396 e. The van der Waals surface area contributed by atoms with Crippen LogP contribution in [0.5, 0.6) is 0 Å². The summed E-state index contributed by atoms with van der Waals surface area (Å²) in [5, 5.41) is 14.8. The van der Waals surface area contributed by atoms with Crippen molar-refractivity contribution in [3.8, 4) is 0 Å². The van der Waals surface area contributed by atoms with Crippen molar-refractivity contribution in [1.29, 1.82) is 0 Å². The number of nitrogens with zero attached hydrogens (tertiary/aromatic N) is 5. The molecule has 0 aliphatic carbocycles. The van der Waals surface area contributed by atoms with Crippen LogP contribution in [0.1, 0.15) is 31.4 Å². The third kappa shape index (κ3) is 2.14. The minimum absolute atomic E-state index is 0.224. The van der Waals surface area contributed by atoms with Gasteiger partial charge in [0.2, 0.25) is 0 Å². The van der Waals surface area contributed by atoms with Gasteiger partial charge in [-0.1, -0.05) is 0 Å². The number of aromatic nitrogens is 4. The van der Waals surface area contributed by atoms with E-state index in [9.17, 15) is 5.11 Å². The van der Waals surface area contributed by atoms with Gasteiger partial charge in [0.05, 0.1) is 11.1 Å². The normalized spacial score (nSPS) is 19.8. The van der Waals surface area contributed by atoms with Gasteiger partial charge in [0, 0.05) is 26.2 Å². The van der Waals surface area contributed by atoms with Gasteiger partial charge in [0.15, 0.2) is 5.65 Å². The molecule has 1 aliphatic heterocycles. The standard InChI is InChI=1S/C14H21N5O/c1-10-12-13(18(2)17-10)15-9-16-14(12)19-7-4-3-5-11(19)6-8-20/h9,11,20H,3-8H2,1-2H3. The van der Waals surface area contributed by atoms with E-state index in [1.165, 1.54) is 12.8 Å². The molecule has 108 valence electrons. The summed E-state index contributed by atoms with van der Waals surface area (Å²) in [5.74, 6) is 0.971. The second-order valence-corrected chi connectivity index (χ2v) is 5.46. The summed E-state index contributed by atoms with van der Waals surface area (Å²) in [5.41, 5.74) is 1.84. The Morgan fingerprint density at radius 2 is 2.20 bits per heavy atom. The number of aliphatic hydroxyl groups excluding tert-OH is 1. The van der Waals surface area contributed by atoms with E-state index in [4.69, 9.17) is 0 Å².